The molecule has 1 rings (SSSR count). The molecule has 0 aromatic heterocycles. The molecule has 17 heavy (non-hydrogen) atoms. The van der Waals surface area contributed by atoms with Crippen LogP contribution in [0.25, 0.3) is 0 Å². The van der Waals surface area contributed by atoms with Crippen LogP contribution in [0.15, 0.2) is 24.3 Å². The number of halogens is 4. The van der Waals surface area contributed by atoms with E-state index in [2.05, 4.69) is 0 Å². The molecule has 0 fully saturated rings. The lowest BCUT2D eigenvalue weighted by molar-refractivity contribution is -0.137. The molecule has 0 spiro atoms. The smallest absolute Gasteiger partial charge is 0.324 e. The van der Waals surface area contributed by atoms with Crippen LogP contribution in [-0.4, -0.2) is 0 Å². The van der Waals surface area contributed by atoms with Gasteiger partial charge in [0.15, 0.2) is 0 Å². The zero-order valence-electron chi connectivity index (χ0n) is 9.79. The predicted molar refractivity (Wildman–Crippen MR) is 65.1 cm³/mol. The second-order valence-electron chi connectivity index (χ2n) is 4.03. The van der Waals surface area contributed by atoms with Crippen LogP contribution in [0.4, 0.5) is 13.2 Å². The molecule has 5 heteroatoms. The normalized spacial score (nSPS) is 14.9. The second-order valence-corrected chi connectivity index (χ2v) is 4.03. The average Bonchev–Trinajstić information content (AvgIpc) is 2.26. The van der Waals surface area contributed by atoms with E-state index in [9.17, 15) is 13.2 Å². The van der Waals surface area contributed by atoms with Gasteiger partial charge in [-0.05, 0) is 23.6 Å². The van der Waals surface area contributed by atoms with E-state index in [0.29, 0.717) is 5.56 Å². The van der Waals surface area contributed by atoms with Gasteiger partial charge in [0.25, 0.3) is 0 Å². The average molecular weight is 268 g/mol. The molecular formula is C12H17ClF3N. The molecule has 0 amide bonds. The maximum absolute atomic E-state index is 12.5. The van der Waals surface area contributed by atoms with E-state index in [0.717, 1.165) is 18.6 Å². The van der Waals surface area contributed by atoms with Crippen LogP contribution >= 0.6 is 12.4 Å². The second kappa shape index (κ2) is 6.26. The summed E-state index contributed by atoms with van der Waals surface area (Å²) in [6, 6.07) is 4.91. The maximum Gasteiger partial charge on any atom is 0.416 e. The number of benzene rings is 1. The van der Waals surface area contributed by atoms with Crippen molar-refractivity contribution in [2.24, 2.45) is 11.7 Å². The van der Waals surface area contributed by atoms with Gasteiger partial charge in [0.05, 0.1) is 5.56 Å². The third-order valence-electron chi connectivity index (χ3n) is 2.86. The van der Waals surface area contributed by atoms with Gasteiger partial charge in [0.1, 0.15) is 0 Å². The van der Waals surface area contributed by atoms with Crippen molar-refractivity contribution in [2.75, 3.05) is 0 Å². The topological polar surface area (TPSA) is 26.0 Å². The van der Waals surface area contributed by atoms with E-state index in [1.807, 2.05) is 13.8 Å². The molecule has 0 heterocycles. The van der Waals surface area contributed by atoms with Crippen LogP contribution in [0, 0.1) is 5.92 Å². The number of hydrogen-bond acceptors (Lipinski definition) is 1. The monoisotopic (exact) mass is 267 g/mol. The highest BCUT2D eigenvalue weighted by atomic mass is 35.5. The highest BCUT2D eigenvalue weighted by Crippen LogP contribution is 2.31. The molecule has 98 valence electrons. The van der Waals surface area contributed by atoms with Crippen molar-refractivity contribution in [1.82, 2.24) is 0 Å². The summed E-state index contributed by atoms with van der Waals surface area (Å²) in [5.74, 6) is 0.170. The molecule has 0 aliphatic carbocycles. The van der Waals surface area contributed by atoms with Crippen LogP contribution in [0.2, 0.25) is 0 Å². The highest BCUT2D eigenvalue weighted by molar-refractivity contribution is 5.85. The fourth-order valence-corrected chi connectivity index (χ4v) is 1.50. The molecule has 0 saturated carbocycles. The summed E-state index contributed by atoms with van der Waals surface area (Å²) < 4.78 is 37.4. The molecule has 2 N–H and O–H groups in total. The molecule has 0 bridgehead atoms. The molecular weight excluding hydrogens is 251 g/mol. The van der Waals surface area contributed by atoms with E-state index in [1.165, 1.54) is 6.07 Å². The van der Waals surface area contributed by atoms with Gasteiger partial charge in [-0.15, -0.1) is 12.4 Å². The largest absolute Gasteiger partial charge is 0.416 e. The van der Waals surface area contributed by atoms with E-state index in [4.69, 9.17) is 5.73 Å². The summed E-state index contributed by atoms with van der Waals surface area (Å²) >= 11 is 0. The Hall–Kier alpha value is -0.740. The zero-order chi connectivity index (χ0) is 12.3. The third-order valence-corrected chi connectivity index (χ3v) is 2.86. The SMILES string of the molecule is CCC(C)[C@H](N)c1cccc(C(F)(F)F)c1.Cl. The van der Waals surface area contributed by atoms with Crippen molar-refractivity contribution in [3.05, 3.63) is 35.4 Å². The van der Waals surface area contributed by atoms with E-state index in [-0.39, 0.29) is 24.4 Å². The van der Waals surface area contributed by atoms with Crippen molar-refractivity contribution >= 4 is 12.4 Å². The van der Waals surface area contributed by atoms with E-state index < -0.39 is 11.7 Å². The Bertz CT molecular complexity index is 352. The molecule has 0 saturated heterocycles. The molecule has 0 radical (unpaired) electrons. The number of alkyl halides is 3. The molecule has 0 aliphatic heterocycles. The maximum atomic E-state index is 12.5. The van der Waals surface area contributed by atoms with Gasteiger partial charge in [-0.25, -0.2) is 0 Å². The fourth-order valence-electron chi connectivity index (χ4n) is 1.50. The van der Waals surface area contributed by atoms with Gasteiger partial charge in [-0.2, -0.15) is 13.2 Å². The summed E-state index contributed by atoms with van der Waals surface area (Å²) in [6.45, 7) is 3.91. The van der Waals surface area contributed by atoms with Crippen molar-refractivity contribution in [3.63, 3.8) is 0 Å². The predicted octanol–water partition coefficient (Wildman–Crippen LogP) is 4.17. The Morgan fingerprint density at radius 3 is 2.35 bits per heavy atom. The molecule has 1 unspecified atom stereocenters. The molecule has 1 nitrogen and oxygen atoms in total. The van der Waals surface area contributed by atoms with Crippen LogP contribution in [0.3, 0.4) is 0 Å². The lowest BCUT2D eigenvalue weighted by Crippen LogP contribution is -2.19. The first-order valence-corrected chi connectivity index (χ1v) is 5.29. The Morgan fingerprint density at radius 1 is 1.29 bits per heavy atom. The molecule has 1 aromatic carbocycles. The highest BCUT2D eigenvalue weighted by Gasteiger charge is 2.30. The summed E-state index contributed by atoms with van der Waals surface area (Å²) in [5, 5.41) is 0. The van der Waals surface area contributed by atoms with Crippen molar-refractivity contribution in [3.8, 4) is 0 Å². The number of hydrogen-bond donors (Lipinski definition) is 1. The first kappa shape index (κ1) is 16.3. The van der Waals surface area contributed by atoms with E-state index >= 15 is 0 Å². The van der Waals surface area contributed by atoms with Crippen LogP contribution in [-0.2, 0) is 6.18 Å². The molecule has 0 aliphatic rings. The zero-order valence-corrected chi connectivity index (χ0v) is 10.6. The number of rotatable bonds is 3. The first-order chi connectivity index (χ1) is 7.36. The third kappa shape index (κ3) is 4.21. The van der Waals surface area contributed by atoms with Crippen molar-refractivity contribution < 1.29 is 13.2 Å². The van der Waals surface area contributed by atoms with Gasteiger partial charge in [-0.3, -0.25) is 0 Å². The van der Waals surface area contributed by atoms with Crippen molar-refractivity contribution in [1.29, 1.82) is 0 Å². The minimum absolute atomic E-state index is 0. The standard InChI is InChI=1S/C12H16F3N.ClH/c1-3-8(2)11(16)9-5-4-6-10(7-9)12(13,14)15;/h4-8,11H,3,16H2,1-2H3;1H/t8?,11-;/m0./s1. The lowest BCUT2D eigenvalue weighted by Gasteiger charge is -2.19. The van der Waals surface area contributed by atoms with E-state index in [1.54, 1.807) is 6.07 Å². The Labute approximate surface area is 106 Å². The Kier molecular flexibility index (Phi) is 5.99. The van der Waals surface area contributed by atoms with Crippen LogP contribution < -0.4 is 5.73 Å². The van der Waals surface area contributed by atoms with Crippen LogP contribution in [0.1, 0.15) is 37.4 Å². The number of nitrogens with two attached hydrogens (primary N) is 1. The minimum atomic E-state index is -4.30. The first-order valence-electron chi connectivity index (χ1n) is 5.29. The van der Waals surface area contributed by atoms with Gasteiger partial charge in [0, 0.05) is 6.04 Å². The summed E-state index contributed by atoms with van der Waals surface area (Å²) in [7, 11) is 0. The van der Waals surface area contributed by atoms with Gasteiger partial charge >= 0.3 is 6.18 Å². The molecule has 2 atom stereocenters. The van der Waals surface area contributed by atoms with Crippen LogP contribution in [0.5, 0.6) is 0 Å². The van der Waals surface area contributed by atoms with Gasteiger partial charge in [-0.1, -0.05) is 32.4 Å². The lowest BCUT2D eigenvalue weighted by atomic mass is 9.92. The Balaban J connectivity index is 0.00000256. The Morgan fingerprint density at radius 2 is 1.88 bits per heavy atom. The van der Waals surface area contributed by atoms with Gasteiger partial charge < -0.3 is 5.73 Å². The van der Waals surface area contributed by atoms with Gasteiger partial charge in [0.2, 0.25) is 0 Å². The quantitative estimate of drug-likeness (QED) is 0.874. The minimum Gasteiger partial charge on any atom is -0.324 e. The van der Waals surface area contributed by atoms with Crippen molar-refractivity contribution in [2.45, 2.75) is 32.5 Å². The summed E-state index contributed by atoms with van der Waals surface area (Å²) in [6.07, 6.45) is -3.46. The summed E-state index contributed by atoms with van der Waals surface area (Å²) in [5.41, 5.74) is 5.80. The molecule has 1 aromatic rings. The summed E-state index contributed by atoms with van der Waals surface area (Å²) in [4.78, 5) is 0. The fraction of sp³-hybridized carbons (Fsp3) is 0.500.